The average molecular weight is 1620 g/mol. The Morgan fingerprint density at radius 1 is 0.257 bits per heavy atom. The Labute approximate surface area is 521 Å². The molecule has 6 nitrogen and oxygen atoms in total. The summed E-state index contributed by atoms with van der Waals surface area (Å²) in [5.41, 5.74) is -1.75. The molecular formula is C44H27F51N2O4. The third kappa shape index (κ3) is 14.6. The van der Waals surface area contributed by atoms with Crippen LogP contribution in [-0.2, 0) is 16.1 Å². The van der Waals surface area contributed by atoms with Gasteiger partial charge in [0.15, 0.2) is 0 Å². The van der Waals surface area contributed by atoms with Gasteiger partial charge in [0.2, 0.25) is 11.8 Å². The van der Waals surface area contributed by atoms with Gasteiger partial charge in [-0.25, -0.2) is 4.79 Å². The Hall–Kier alpha value is -5.94. The number of hydrogen-bond acceptors (Lipinski definition) is 3. The van der Waals surface area contributed by atoms with E-state index >= 15 is 0 Å². The molecule has 0 aliphatic rings. The fourth-order valence-electron chi connectivity index (χ4n) is 7.48. The molecule has 1 aromatic rings. The van der Waals surface area contributed by atoms with Gasteiger partial charge < -0.3 is 14.9 Å². The summed E-state index contributed by atoms with van der Waals surface area (Å²) in [6.45, 7) is -9.13. The molecule has 0 aliphatic carbocycles. The van der Waals surface area contributed by atoms with Crippen molar-refractivity contribution < 1.29 is 243 Å². The van der Waals surface area contributed by atoms with Gasteiger partial charge in [-0.2, -0.15) is 224 Å². The minimum Gasteiger partial charge on any atom is -0.478 e. The first-order chi connectivity index (χ1) is 43.6. The van der Waals surface area contributed by atoms with Crippen molar-refractivity contribution in [3.05, 3.63) is 35.4 Å². The first-order valence-corrected chi connectivity index (χ1v) is 24.6. The van der Waals surface area contributed by atoms with Crippen molar-refractivity contribution in [2.45, 2.75) is 194 Å². The van der Waals surface area contributed by atoms with Crippen LogP contribution >= 0.6 is 0 Å². The fraction of sp³-hybridized carbons (Fsp3) is 0.795. The number of carboxylic acids is 1. The number of carboxylic acid groups (broad SMARTS) is 1. The maximum absolute atomic E-state index is 14.9. The molecule has 0 atom stereocenters. The van der Waals surface area contributed by atoms with E-state index < -0.39 is 253 Å². The molecule has 57 heteroatoms. The van der Waals surface area contributed by atoms with Crippen molar-refractivity contribution in [1.82, 2.24) is 9.80 Å². The quantitative estimate of drug-likeness (QED) is 0.0687. The van der Waals surface area contributed by atoms with Gasteiger partial charge in [0, 0.05) is 58.3 Å². The van der Waals surface area contributed by atoms with Gasteiger partial charge in [0.25, 0.3) is 0 Å². The van der Waals surface area contributed by atoms with Crippen LogP contribution in [0.3, 0.4) is 0 Å². The molecule has 101 heavy (non-hydrogen) atoms. The minimum absolute atomic E-state index is 0.370. The van der Waals surface area contributed by atoms with Gasteiger partial charge in [0.1, 0.15) is 0 Å². The zero-order chi connectivity index (χ0) is 81.6. The lowest BCUT2D eigenvalue weighted by molar-refractivity contribution is -0.461. The van der Waals surface area contributed by atoms with E-state index in [9.17, 15) is 238 Å². The summed E-state index contributed by atoms with van der Waals surface area (Å²) in [4.78, 5) is 36.1. The number of carbonyl (C=O) groups excluding carboxylic acids is 2. The first-order valence-electron chi connectivity index (χ1n) is 24.6. The lowest BCUT2D eigenvalue weighted by Crippen LogP contribution is -2.74. The number of aromatic carboxylic acids is 1. The highest BCUT2D eigenvalue weighted by molar-refractivity contribution is 5.87. The molecule has 0 aromatic heterocycles. The molecule has 594 valence electrons. The summed E-state index contributed by atoms with van der Waals surface area (Å²) in [6, 6.07) is 1.50. The van der Waals surface area contributed by atoms with Crippen LogP contribution < -0.4 is 0 Å². The summed E-state index contributed by atoms with van der Waals surface area (Å²) >= 11 is 0. The van der Waals surface area contributed by atoms with Crippen molar-refractivity contribution in [1.29, 1.82) is 0 Å². The Kier molecular flexibility index (Phi) is 24.8. The molecular weight excluding hydrogens is 1590 g/mol. The molecule has 0 saturated heterocycles. The van der Waals surface area contributed by atoms with Crippen LogP contribution in [0.5, 0.6) is 0 Å². The standard InChI is InChI=1S/C44H27F51N2O4/c45-21(46,24(51,52)27(57,58)30(63,64)33(69,70)36(75,76)39(81,82)42(87,88)89)9-1-12-96(18(98)7-11-23(49,50)26(55,56)29(61,62)32(67,68)35(73,74)38(79,80)41(85,86)44(93,94)95)14-8-19(99)97(15-16-3-5-17(6-4-16)20(100)101)13-2-10-22(47,48)25(53,54)28(59,60)31(65,66)34(71,72)37(77,78)40(83,84)43(90,91)92/h3-6H,1-2,7-15H2,(H,100,101). The Morgan fingerprint density at radius 3 is 0.703 bits per heavy atom. The summed E-state index contributed by atoms with van der Waals surface area (Å²) < 4.78 is 707. The van der Waals surface area contributed by atoms with E-state index in [0.29, 0.717) is 24.3 Å². The molecule has 1 N–H and O–H groups in total. The SMILES string of the molecule is O=C(O)c1ccc(CN(CCCC(F)(F)C(F)(F)C(F)(F)C(F)(F)C(F)(F)C(F)(F)C(F)(F)C(F)(F)F)C(=O)CCN(CCCC(F)(F)C(F)(F)C(F)(F)C(F)(F)C(F)(F)C(F)(F)C(F)(F)C(F)(F)F)C(=O)CCC(F)(F)C(F)(F)C(F)(F)C(F)(F)C(F)(F)C(F)(F)C(F)(F)C(F)(F)F)cc1. The molecule has 0 radical (unpaired) electrons. The largest absolute Gasteiger partial charge is 0.478 e. The van der Waals surface area contributed by atoms with E-state index in [1.54, 1.807) is 0 Å². The van der Waals surface area contributed by atoms with E-state index in [1.807, 2.05) is 0 Å². The van der Waals surface area contributed by atoms with E-state index in [2.05, 4.69) is 0 Å². The zero-order valence-corrected chi connectivity index (χ0v) is 46.4. The van der Waals surface area contributed by atoms with Gasteiger partial charge in [-0.05, 0) is 30.5 Å². The van der Waals surface area contributed by atoms with Gasteiger partial charge in [-0.3, -0.25) is 9.59 Å². The first kappa shape index (κ1) is 93.1. The van der Waals surface area contributed by atoms with Gasteiger partial charge in [-0.15, -0.1) is 0 Å². The second-order valence-corrected chi connectivity index (χ2v) is 20.6. The molecule has 0 bridgehead atoms. The number of rotatable bonds is 35. The maximum Gasteiger partial charge on any atom is 0.460 e. The summed E-state index contributed by atoms with van der Waals surface area (Å²) in [7, 11) is 0. The number of halogens is 51. The van der Waals surface area contributed by atoms with Crippen LogP contribution in [-0.4, -0.2) is 195 Å². The normalized spacial score (nSPS) is 15.9. The van der Waals surface area contributed by atoms with Gasteiger partial charge in [0.05, 0.1) is 5.56 Å². The van der Waals surface area contributed by atoms with Crippen molar-refractivity contribution in [3.63, 3.8) is 0 Å². The van der Waals surface area contributed by atoms with Crippen LogP contribution in [0.4, 0.5) is 224 Å². The fourth-order valence-corrected chi connectivity index (χ4v) is 7.48. The second-order valence-electron chi connectivity index (χ2n) is 20.6. The van der Waals surface area contributed by atoms with Crippen molar-refractivity contribution in [3.8, 4) is 0 Å². The topological polar surface area (TPSA) is 77.9 Å². The van der Waals surface area contributed by atoms with Crippen LogP contribution in [0.15, 0.2) is 24.3 Å². The van der Waals surface area contributed by atoms with E-state index in [-0.39, 0.29) is 0 Å². The summed E-state index contributed by atoms with van der Waals surface area (Å²) in [6.07, 6.45) is -47.4. The predicted octanol–water partition coefficient (Wildman–Crippen LogP) is 19.3. The van der Waals surface area contributed by atoms with Crippen LogP contribution in [0, 0.1) is 0 Å². The molecule has 1 rings (SSSR count). The third-order valence-electron chi connectivity index (χ3n) is 13.7. The van der Waals surface area contributed by atoms with Gasteiger partial charge >= 0.3 is 149 Å². The molecule has 0 spiro atoms. The molecule has 0 fully saturated rings. The predicted molar refractivity (Wildman–Crippen MR) is 220 cm³/mol. The van der Waals surface area contributed by atoms with Crippen LogP contribution in [0.2, 0.25) is 0 Å². The average Bonchev–Trinajstić information content (AvgIpc) is 0.707. The van der Waals surface area contributed by atoms with Crippen molar-refractivity contribution in [2.75, 3.05) is 19.6 Å². The molecule has 0 unspecified atom stereocenters. The highest BCUT2D eigenvalue weighted by Crippen LogP contribution is 2.68. The monoisotopic (exact) mass is 1620 g/mol. The van der Waals surface area contributed by atoms with Gasteiger partial charge in [-0.1, -0.05) is 12.1 Å². The van der Waals surface area contributed by atoms with E-state index in [4.69, 9.17) is 5.11 Å². The number of benzene rings is 1. The van der Waals surface area contributed by atoms with Crippen LogP contribution in [0.1, 0.15) is 60.9 Å². The highest BCUT2D eigenvalue weighted by Gasteiger charge is 2.98. The van der Waals surface area contributed by atoms with Crippen molar-refractivity contribution in [2.24, 2.45) is 0 Å². The van der Waals surface area contributed by atoms with Crippen LogP contribution in [0.25, 0.3) is 0 Å². The number of nitrogens with zero attached hydrogens (tertiary/aromatic N) is 2. The molecule has 2 amide bonds. The number of alkyl halides is 51. The Balaban J connectivity index is 4.19. The highest BCUT2D eigenvalue weighted by atomic mass is 19.5. The summed E-state index contributed by atoms with van der Waals surface area (Å²) in [5, 5.41) is 9.06. The maximum atomic E-state index is 14.9. The number of amides is 2. The minimum atomic E-state index is -9.41. The molecule has 0 heterocycles. The van der Waals surface area contributed by atoms with Crippen molar-refractivity contribution >= 4 is 17.8 Å². The number of carbonyl (C=O) groups is 3. The third-order valence-corrected chi connectivity index (χ3v) is 13.7. The molecule has 1 aromatic carbocycles. The Morgan fingerprint density at radius 2 is 0.465 bits per heavy atom. The van der Waals surface area contributed by atoms with E-state index in [1.165, 1.54) is 0 Å². The molecule has 0 aliphatic heterocycles. The second kappa shape index (κ2) is 26.9. The Bertz CT molecular complexity index is 3050. The lowest BCUT2D eigenvalue weighted by atomic mass is 9.88. The van der Waals surface area contributed by atoms with E-state index in [0.717, 1.165) is 0 Å². The lowest BCUT2D eigenvalue weighted by Gasteiger charge is -2.43. The zero-order valence-electron chi connectivity index (χ0n) is 46.4. The smallest absolute Gasteiger partial charge is 0.460 e. The number of hydrogen-bond donors (Lipinski definition) is 1. The molecule has 0 saturated carbocycles. The summed E-state index contributed by atoms with van der Waals surface area (Å²) in [5.74, 6) is -193.